The van der Waals surface area contributed by atoms with Crippen LogP contribution in [0.4, 0.5) is 0 Å². The Balaban J connectivity index is 2.24. The fourth-order valence-electron chi connectivity index (χ4n) is 2.44. The third-order valence-corrected chi connectivity index (χ3v) is 4.01. The molecule has 0 unspecified atom stereocenters. The summed E-state index contributed by atoms with van der Waals surface area (Å²) in [4.78, 5) is 2.40. The lowest BCUT2D eigenvalue weighted by Crippen LogP contribution is -2.27. The molecule has 0 radical (unpaired) electrons. The molecule has 2 heteroatoms. The zero-order valence-electron chi connectivity index (χ0n) is 13.4. The van der Waals surface area contributed by atoms with E-state index < -0.39 is 0 Å². The van der Waals surface area contributed by atoms with Gasteiger partial charge in [0.2, 0.25) is 0 Å². The predicted molar refractivity (Wildman–Crippen MR) is 90.7 cm³/mol. The minimum Gasteiger partial charge on any atom is -0.347 e. The summed E-state index contributed by atoms with van der Waals surface area (Å²) < 4.78 is 0. The molecule has 0 saturated carbocycles. The summed E-state index contributed by atoms with van der Waals surface area (Å²) in [5.74, 6) is 0. The molecule has 0 bridgehead atoms. The van der Waals surface area contributed by atoms with Crippen LogP contribution < -0.4 is 5.32 Å². The van der Waals surface area contributed by atoms with Crippen molar-refractivity contribution in [2.24, 2.45) is 0 Å². The zero-order valence-corrected chi connectivity index (χ0v) is 13.4. The Bertz CT molecular complexity index is 538. The molecule has 2 nitrogen and oxygen atoms in total. The van der Waals surface area contributed by atoms with Gasteiger partial charge in [-0.3, -0.25) is 0 Å². The largest absolute Gasteiger partial charge is 0.347 e. The summed E-state index contributed by atoms with van der Waals surface area (Å²) in [5.41, 5.74) is 5.43. The second-order valence-corrected chi connectivity index (χ2v) is 5.55. The van der Waals surface area contributed by atoms with Crippen molar-refractivity contribution < 1.29 is 0 Å². The molecule has 0 spiro atoms. The smallest absolute Gasteiger partial charge is 0.0472 e. The number of nitrogens with zero attached hydrogens (tertiary/aromatic N) is 1. The summed E-state index contributed by atoms with van der Waals surface area (Å²) in [5, 5.41) is 3.39. The second kappa shape index (κ2) is 7.84. The standard InChI is InChI=1S/C19H26N2/c1-4-16(2)17(3)14-21(19-10-12-20-13-11-19)15-18-8-6-5-7-9-18/h4-10,14,20H,11-13,15H2,1-3H3/b16-4+,17-14+. The number of allylic oxidation sites excluding steroid dienone is 3. The minimum absolute atomic E-state index is 0.932. The Morgan fingerprint density at radius 3 is 2.57 bits per heavy atom. The van der Waals surface area contributed by atoms with E-state index >= 15 is 0 Å². The summed E-state index contributed by atoms with van der Waals surface area (Å²) in [7, 11) is 0. The van der Waals surface area contributed by atoms with E-state index in [9.17, 15) is 0 Å². The van der Waals surface area contributed by atoms with Gasteiger partial charge >= 0.3 is 0 Å². The van der Waals surface area contributed by atoms with Crippen LogP contribution in [0.2, 0.25) is 0 Å². The van der Waals surface area contributed by atoms with Crippen LogP contribution in [-0.2, 0) is 6.54 Å². The van der Waals surface area contributed by atoms with E-state index in [0.717, 1.165) is 26.1 Å². The van der Waals surface area contributed by atoms with Gasteiger partial charge in [-0.2, -0.15) is 0 Å². The summed E-state index contributed by atoms with van der Waals surface area (Å²) in [6.07, 6.45) is 7.86. The van der Waals surface area contributed by atoms with E-state index in [1.807, 2.05) is 0 Å². The van der Waals surface area contributed by atoms with Gasteiger partial charge in [0, 0.05) is 31.5 Å². The molecule has 1 aromatic rings. The van der Waals surface area contributed by atoms with Gasteiger partial charge in [0.25, 0.3) is 0 Å². The maximum atomic E-state index is 3.39. The molecule has 0 amide bonds. The van der Waals surface area contributed by atoms with Crippen molar-refractivity contribution in [1.29, 1.82) is 0 Å². The van der Waals surface area contributed by atoms with Crippen LogP contribution in [0.1, 0.15) is 32.8 Å². The molecule has 0 fully saturated rings. The highest BCUT2D eigenvalue weighted by molar-refractivity contribution is 5.28. The molecular weight excluding hydrogens is 256 g/mol. The maximum Gasteiger partial charge on any atom is 0.0472 e. The summed E-state index contributed by atoms with van der Waals surface area (Å²) in [6, 6.07) is 10.7. The number of rotatable bonds is 5. The van der Waals surface area contributed by atoms with Gasteiger partial charge < -0.3 is 10.2 Å². The van der Waals surface area contributed by atoms with Gasteiger partial charge in [-0.15, -0.1) is 0 Å². The Labute approximate surface area is 128 Å². The van der Waals surface area contributed by atoms with E-state index in [-0.39, 0.29) is 0 Å². The molecule has 1 heterocycles. The van der Waals surface area contributed by atoms with Crippen LogP contribution in [-0.4, -0.2) is 18.0 Å². The number of hydrogen-bond donors (Lipinski definition) is 1. The first-order valence-electron chi connectivity index (χ1n) is 7.72. The van der Waals surface area contributed by atoms with E-state index in [2.05, 4.69) is 79.7 Å². The Morgan fingerprint density at radius 2 is 1.95 bits per heavy atom. The molecule has 0 atom stereocenters. The first-order valence-corrected chi connectivity index (χ1v) is 7.72. The minimum atomic E-state index is 0.932. The number of benzene rings is 1. The van der Waals surface area contributed by atoms with Crippen molar-refractivity contribution in [3.05, 3.63) is 71.1 Å². The second-order valence-electron chi connectivity index (χ2n) is 5.55. The van der Waals surface area contributed by atoms with Crippen molar-refractivity contribution in [2.75, 3.05) is 13.1 Å². The first kappa shape index (κ1) is 15.6. The third kappa shape index (κ3) is 4.61. The summed E-state index contributed by atoms with van der Waals surface area (Å²) >= 11 is 0. The summed E-state index contributed by atoms with van der Waals surface area (Å²) in [6.45, 7) is 9.42. The van der Waals surface area contributed by atoms with E-state index in [1.165, 1.54) is 22.4 Å². The average Bonchev–Trinajstić information content (AvgIpc) is 2.55. The molecule has 0 aromatic heterocycles. The zero-order chi connectivity index (χ0) is 15.1. The van der Waals surface area contributed by atoms with Crippen molar-refractivity contribution in [3.8, 4) is 0 Å². The third-order valence-electron chi connectivity index (χ3n) is 4.01. The van der Waals surface area contributed by atoms with Crippen molar-refractivity contribution in [3.63, 3.8) is 0 Å². The lowest BCUT2D eigenvalue weighted by molar-refractivity contribution is 0.421. The van der Waals surface area contributed by atoms with E-state index in [0.29, 0.717) is 0 Å². The average molecular weight is 282 g/mol. The number of nitrogens with one attached hydrogen (secondary N) is 1. The lowest BCUT2D eigenvalue weighted by atomic mass is 10.1. The van der Waals surface area contributed by atoms with Gasteiger partial charge in [-0.05, 0) is 38.3 Å². The monoisotopic (exact) mass is 282 g/mol. The van der Waals surface area contributed by atoms with Crippen LogP contribution in [0.3, 0.4) is 0 Å². The molecule has 21 heavy (non-hydrogen) atoms. The van der Waals surface area contributed by atoms with Gasteiger partial charge in [-0.1, -0.05) is 48.1 Å². The van der Waals surface area contributed by atoms with Crippen molar-refractivity contribution in [1.82, 2.24) is 10.2 Å². The van der Waals surface area contributed by atoms with Gasteiger partial charge in [0.15, 0.2) is 0 Å². The Hall–Kier alpha value is -1.80. The van der Waals surface area contributed by atoms with Crippen LogP contribution in [0.5, 0.6) is 0 Å². The highest BCUT2D eigenvalue weighted by atomic mass is 15.1. The lowest BCUT2D eigenvalue weighted by Gasteiger charge is -2.28. The van der Waals surface area contributed by atoms with Crippen LogP contribution in [0, 0.1) is 0 Å². The predicted octanol–water partition coefficient (Wildman–Crippen LogP) is 4.24. The highest BCUT2D eigenvalue weighted by Gasteiger charge is 2.11. The van der Waals surface area contributed by atoms with E-state index in [1.54, 1.807) is 0 Å². The first-order chi connectivity index (χ1) is 10.2. The van der Waals surface area contributed by atoms with Crippen molar-refractivity contribution >= 4 is 0 Å². The van der Waals surface area contributed by atoms with Gasteiger partial charge in [0.05, 0.1) is 0 Å². The Kier molecular flexibility index (Phi) is 5.82. The van der Waals surface area contributed by atoms with Gasteiger partial charge in [-0.25, -0.2) is 0 Å². The van der Waals surface area contributed by atoms with Gasteiger partial charge in [0.1, 0.15) is 0 Å². The molecule has 1 N–H and O–H groups in total. The molecule has 2 rings (SSSR count). The van der Waals surface area contributed by atoms with Crippen LogP contribution in [0.25, 0.3) is 0 Å². The molecular formula is C19H26N2. The fraction of sp³-hybridized carbons (Fsp3) is 0.368. The maximum absolute atomic E-state index is 3.39. The quantitative estimate of drug-likeness (QED) is 0.813. The number of hydrogen-bond acceptors (Lipinski definition) is 2. The highest BCUT2D eigenvalue weighted by Crippen LogP contribution is 2.19. The molecule has 0 saturated heterocycles. The Morgan fingerprint density at radius 1 is 1.19 bits per heavy atom. The molecule has 1 aromatic carbocycles. The van der Waals surface area contributed by atoms with Crippen molar-refractivity contribution in [2.45, 2.75) is 33.7 Å². The molecule has 1 aliphatic rings. The topological polar surface area (TPSA) is 15.3 Å². The molecule has 0 aliphatic carbocycles. The molecule has 112 valence electrons. The fourth-order valence-corrected chi connectivity index (χ4v) is 2.44. The van der Waals surface area contributed by atoms with E-state index in [4.69, 9.17) is 0 Å². The SMILES string of the molecule is C/C=C(C)/C(C)=C/N(Cc1ccccc1)C1=CCNCC1. The normalized spacial score (nSPS) is 16.6. The molecule has 1 aliphatic heterocycles. The van der Waals surface area contributed by atoms with Crippen LogP contribution in [0.15, 0.2) is 65.5 Å². The van der Waals surface area contributed by atoms with Crippen LogP contribution >= 0.6 is 0 Å².